The zero-order valence-corrected chi connectivity index (χ0v) is 15.8. The van der Waals surface area contributed by atoms with E-state index < -0.39 is 11.9 Å². The highest BCUT2D eigenvalue weighted by Gasteiger charge is 2.08. The van der Waals surface area contributed by atoms with Crippen LogP contribution in [-0.4, -0.2) is 36.4 Å². The summed E-state index contributed by atoms with van der Waals surface area (Å²) in [7, 11) is 0. The fraction of sp³-hybridized carbons (Fsp3) is 0.136. The highest BCUT2D eigenvalue weighted by Crippen LogP contribution is 2.25. The standard InChI is InChI=1S/C22H20N2O5/c1-2-28-22(27)16-7-10-17(11-8-16)29-14-21(26)24-23-13-19-18-6-4-3-5-15(18)9-12-20(19)25/h3-13,25H,2,14H2,1H3,(H,24,26)/b23-13+. The van der Waals surface area contributed by atoms with Gasteiger partial charge in [-0.1, -0.05) is 30.3 Å². The first kappa shape index (κ1) is 19.9. The number of phenolic OH excluding ortho intramolecular Hbond substituents is 1. The predicted octanol–water partition coefficient (Wildman–Crippen LogP) is 3.25. The molecule has 0 fully saturated rings. The minimum absolute atomic E-state index is 0.0691. The molecule has 0 aliphatic rings. The molecule has 0 unspecified atom stereocenters. The molecule has 7 nitrogen and oxygen atoms in total. The van der Waals surface area contributed by atoms with E-state index in [-0.39, 0.29) is 12.4 Å². The van der Waals surface area contributed by atoms with Crippen LogP contribution < -0.4 is 10.2 Å². The van der Waals surface area contributed by atoms with Crippen LogP contribution in [0.3, 0.4) is 0 Å². The van der Waals surface area contributed by atoms with Gasteiger partial charge in [0.25, 0.3) is 5.91 Å². The average molecular weight is 392 g/mol. The molecule has 0 saturated carbocycles. The highest BCUT2D eigenvalue weighted by molar-refractivity contribution is 6.02. The third-order valence-corrected chi connectivity index (χ3v) is 4.07. The van der Waals surface area contributed by atoms with E-state index in [1.807, 2.05) is 30.3 Å². The summed E-state index contributed by atoms with van der Waals surface area (Å²) in [6.07, 6.45) is 1.39. The number of carbonyl (C=O) groups excluding carboxylic acids is 2. The number of phenols is 1. The zero-order chi connectivity index (χ0) is 20.6. The SMILES string of the molecule is CCOC(=O)c1ccc(OCC(=O)N/N=C/c2c(O)ccc3ccccc23)cc1. The van der Waals surface area contributed by atoms with Gasteiger partial charge in [-0.2, -0.15) is 5.10 Å². The summed E-state index contributed by atoms with van der Waals surface area (Å²) in [4.78, 5) is 23.5. The van der Waals surface area contributed by atoms with Crippen molar-refractivity contribution in [2.75, 3.05) is 13.2 Å². The van der Waals surface area contributed by atoms with E-state index in [9.17, 15) is 14.7 Å². The van der Waals surface area contributed by atoms with E-state index in [2.05, 4.69) is 10.5 Å². The second kappa shape index (κ2) is 9.36. The Balaban J connectivity index is 1.55. The van der Waals surface area contributed by atoms with Gasteiger partial charge in [0, 0.05) is 5.56 Å². The van der Waals surface area contributed by atoms with E-state index in [1.54, 1.807) is 37.3 Å². The monoisotopic (exact) mass is 392 g/mol. The molecule has 0 bridgehead atoms. The van der Waals surface area contributed by atoms with Gasteiger partial charge in [-0.3, -0.25) is 4.79 Å². The molecule has 0 aliphatic carbocycles. The van der Waals surface area contributed by atoms with Crippen molar-refractivity contribution in [2.24, 2.45) is 5.10 Å². The number of benzene rings is 3. The maximum atomic E-state index is 11.9. The first-order valence-corrected chi connectivity index (χ1v) is 9.01. The van der Waals surface area contributed by atoms with Gasteiger partial charge >= 0.3 is 5.97 Å². The van der Waals surface area contributed by atoms with Gasteiger partial charge < -0.3 is 14.6 Å². The Bertz CT molecular complexity index is 1040. The predicted molar refractivity (Wildman–Crippen MR) is 109 cm³/mol. The second-order valence-corrected chi connectivity index (χ2v) is 6.05. The lowest BCUT2D eigenvalue weighted by Crippen LogP contribution is -2.24. The number of hydrazone groups is 1. The Kier molecular flexibility index (Phi) is 6.42. The van der Waals surface area contributed by atoms with Crippen molar-refractivity contribution < 1.29 is 24.2 Å². The number of aromatic hydroxyl groups is 1. The Morgan fingerprint density at radius 3 is 2.59 bits per heavy atom. The molecular formula is C22H20N2O5. The quantitative estimate of drug-likeness (QED) is 0.365. The fourth-order valence-corrected chi connectivity index (χ4v) is 2.67. The molecular weight excluding hydrogens is 372 g/mol. The number of hydrogen-bond acceptors (Lipinski definition) is 6. The number of nitrogens with zero attached hydrogens (tertiary/aromatic N) is 1. The molecule has 1 amide bonds. The number of esters is 1. The lowest BCUT2D eigenvalue weighted by molar-refractivity contribution is -0.123. The molecule has 0 spiro atoms. The maximum absolute atomic E-state index is 11.9. The molecule has 29 heavy (non-hydrogen) atoms. The molecule has 148 valence electrons. The Labute approximate surface area is 167 Å². The van der Waals surface area contributed by atoms with Crippen LogP contribution in [0.15, 0.2) is 65.8 Å². The van der Waals surface area contributed by atoms with Crippen LogP contribution in [0.4, 0.5) is 0 Å². The molecule has 7 heteroatoms. The fourth-order valence-electron chi connectivity index (χ4n) is 2.67. The van der Waals surface area contributed by atoms with Crippen LogP contribution in [0.2, 0.25) is 0 Å². The summed E-state index contributed by atoms with van der Waals surface area (Å²) in [5.41, 5.74) is 3.28. The molecule has 0 aliphatic heterocycles. The topological polar surface area (TPSA) is 97.2 Å². The highest BCUT2D eigenvalue weighted by atomic mass is 16.5. The van der Waals surface area contributed by atoms with Crippen molar-refractivity contribution in [2.45, 2.75) is 6.92 Å². The lowest BCUT2D eigenvalue weighted by atomic mass is 10.0. The van der Waals surface area contributed by atoms with Gasteiger partial charge in [0.1, 0.15) is 11.5 Å². The third kappa shape index (κ3) is 5.10. The largest absolute Gasteiger partial charge is 0.507 e. The van der Waals surface area contributed by atoms with Crippen LogP contribution in [0.1, 0.15) is 22.8 Å². The van der Waals surface area contributed by atoms with Gasteiger partial charge in [-0.25, -0.2) is 10.2 Å². The van der Waals surface area contributed by atoms with Crippen LogP contribution in [0, 0.1) is 0 Å². The van der Waals surface area contributed by atoms with E-state index >= 15 is 0 Å². The van der Waals surface area contributed by atoms with Gasteiger partial charge in [0.2, 0.25) is 0 Å². The molecule has 0 aromatic heterocycles. The number of ether oxygens (including phenoxy) is 2. The van der Waals surface area contributed by atoms with Crippen molar-refractivity contribution in [1.82, 2.24) is 5.43 Å². The molecule has 3 aromatic rings. The van der Waals surface area contributed by atoms with E-state index in [1.165, 1.54) is 6.21 Å². The minimum atomic E-state index is -0.463. The van der Waals surface area contributed by atoms with Gasteiger partial charge in [0.05, 0.1) is 18.4 Å². The van der Waals surface area contributed by atoms with Crippen LogP contribution in [0.25, 0.3) is 10.8 Å². The molecule has 0 heterocycles. The number of nitrogens with one attached hydrogen (secondary N) is 1. The molecule has 0 atom stereocenters. The first-order chi connectivity index (χ1) is 14.1. The lowest BCUT2D eigenvalue weighted by Gasteiger charge is -2.07. The molecule has 3 rings (SSSR count). The van der Waals surface area contributed by atoms with Gasteiger partial charge in [-0.05, 0) is 48.0 Å². The van der Waals surface area contributed by atoms with Crippen molar-refractivity contribution >= 4 is 28.9 Å². The maximum Gasteiger partial charge on any atom is 0.338 e. The van der Waals surface area contributed by atoms with Crippen molar-refractivity contribution in [3.63, 3.8) is 0 Å². The number of fused-ring (bicyclic) bond motifs is 1. The number of carbonyl (C=O) groups is 2. The normalized spacial score (nSPS) is 10.8. The van der Waals surface area contributed by atoms with E-state index in [0.29, 0.717) is 23.5 Å². The number of rotatable bonds is 7. The number of amides is 1. The summed E-state index contributed by atoms with van der Waals surface area (Å²) in [6, 6.07) is 17.2. The molecule has 0 radical (unpaired) electrons. The molecule has 0 saturated heterocycles. The zero-order valence-electron chi connectivity index (χ0n) is 15.8. The molecule has 2 N–H and O–H groups in total. The number of hydrogen-bond donors (Lipinski definition) is 2. The van der Waals surface area contributed by atoms with Crippen molar-refractivity contribution in [3.05, 3.63) is 71.8 Å². The third-order valence-electron chi connectivity index (χ3n) is 4.07. The van der Waals surface area contributed by atoms with E-state index in [4.69, 9.17) is 9.47 Å². The van der Waals surface area contributed by atoms with Crippen molar-refractivity contribution in [3.8, 4) is 11.5 Å². The summed E-state index contributed by atoms with van der Waals surface area (Å²) in [6.45, 7) is 1.78. The summed E-state index contributed by atoms with van der Waals surface area (Å²) >= 11 is 0. The smallest absolute Gasteiger partial charge is 0.338 e. The average Bonchev–Trinajstić information content (AvgIpc) is 2.74. The van der Waals surface area contributed by atoms with Crippen LogP contribution in [0.5, 0.6) is 11.5 Å². The van der Waals surface area contributed by atoms with Crippen LogP contribution in [-0.2, 0) is 9.53 Å². The Morgan fingerprint density at radius 2 is 1.83 bits per heavy atom. The van der Waals surface area contributed by atoms with Gasteiger partial charge in [-0.15, -0.1) is 0 Å². The second-order valence-electron chi connectivity index (χ2n) is 6.05. The minimum Gasteiger partial charge on any atom is -0.507 e. The first-order valence-electron chi connectivity index (χ1n) is 9.01. The Morgan fingerprint density at radius 1 is 1.07 bits per heavy atom. The van der Waals surface area contributed by atoms with Gasteiger partial charge in [0.15, 0.2) is 6.61 Å². The summed E-state index contributed by atoms with van der Waals surface area (Å²) in [5, 5.41) is 15.7. The molecule has 3 aromatic carbocycles. The summed E-state index contributed by atoms with van der Waals surface area (Å²) < 4.78 is 10.3. The summed E-state index contributed by atoms with van der Waals surface area (Å²) in [5.74, 6) is -0.373. The van der Waals surface area contributed by atoms with Crippen LogP contribution >= 0.6 is 0 Å². The van der Waals surface area contributed by atoms with E-state index in [0.717, 1.165) is 10.8 Å². The van der Waals surface area contributed by atoms with Crippen molar-refractivity contribution in [1.29, 1.82) is 0 Å². The Hall–Kier alpha value is -3.87.